The van der Waals surface area contributed by atoms with Crippen LogP contribution in [0.3, 0.4) is 0 Å². The van der Waals surface area contributed by atoms with E-state index < -0.39 is 0 Å². The average Bonchev–Trinajstić information content (AvgIpc) is 3.28. The minimum absolute atomic E-state index is 0.168. The van der Waals surface area contributed by atoms with Crippen LogP contribution in [0.25, 0.3) is 0 Å². The summed E-state index contributed by atoms with van der Waals surface area (Å²) in [6, 6.07) is 21.1. The maximum Gasteiger partial charge on any atom is 0.110 e. The molecule has 0 spiro atoms. The second kappa shape index (κ2) is 7.79. The van der Waals surface area contributed by atoms with Crippen LogP contribution in [0.4, 0.5) is 5.69 Å². The Morgan fingerprint density at radius 3 is 2.44 bits per heavy atom. The zero-order valence-corrected chi connectivity index (χ0v) is 15.6. The molecule has 0 radical (unpaired) electrons. The number of anilines is 1. The molecule has 0 heterocycles. The summed E-state index contributed by atoms with van der Waals surface area (Å²) in [7, 11) is 0. The van der Waals surface area contributed by atoms with Gasteiger partial charge in [-0.25, -0.2) is 0 Å². The molecule has 2 atom stereocenters. The molecule has 2 aromatic rings. The second-order valence-electron chi connectivity index (χ2n) is 7.28. The van der Waals surface area contributed by atoms with E-state index in [1.165, 1.54) is 23.1 Å². The van der Waals surface area contributed by atoms with E-state index in [1.807, 2.05) is 6.07 Å². The molecular formula is C25H26N2. The van der Waals surface area contributed by atoms with E-state index in [9.17, 15) is 0 Å². The molecule has 2 unspecified atom stereocenters. The van der Waals surface area contributed by atoms with Gasteiger partial charge in [0.1, 0.15) is 5.54 Å². The van der Waals surface area contributed by atoms with Gasteiger partial charge in [0.15, 0.2) is 0 Å². The van der Waals surface area contributed by atoms with Gasteiger partial charge < -0.3 is 5.32 Å². The SMILES string of the molecule is C=NC1(C2=CCCC2)C=CCC(=CNc2ccccc2)C1c1ccccc1. The van der Waals surface area contributed by atoms with Crippen molar-refractivity contribution in [1.29, 1.82) is 0 Å². The zero-order chi connectivity index (χ0) is 18.5. The lowest BCUT2D eigenvalue weighted by Gasteiger charge is -2.41. The third-order valence-corrected chi connectivity index (χ3v) is 5.68. The lowest BCUT2D eigenvalue weighted by atomic mass is 9.67. The Balaban J connectivity index is 1.79. The first kappa shape index (κ1) is 17.5. The van der Waals surface area contributed by atoms with Crippen molar-refractivity contribution in [3.05, 3.63) is 102 Å². The lowest BCUT2D eigenvalue weighted by Crippen LogP contribution is -2.37. The first-order chi connectivity index (χ1) is 13.3. The average molecular weight is 354 g/mol. The standard InChI is InChI=1S/C25H26N2/c1-26-25(22-14-8-9-15-22)18-10-13-21(19-27-23-16-6-3-7-17-23)24(25)20-11-4-2-5-12-20/h2-7,10-12,14,16-19,24,27H,1,8-9,13,15H2. The maximum atomic E-state index is 4.75. The highest BCUT2D eigenvalue weighted by atomic mass is 14.9. The summed E-state index contributed by atoms with van der Waals surface area (Å²) in [6.07, 6.45) is 13.5. The van der Waals surface area contributed by atoms with E-state index in [4.69, 9.17) is 4.99 Å². The minimum atomic E-state index is -0.375. The molecule has 0 saturated heterocycles. The fraction of sp³-hybridized carbons (Fsp3) is 0.240. The van der Waals surface area contributed by atoms with Gasteiger partial charge in [0.05, 0.1) is 0 Å². The molecular weight excluding hydrogens is 328 g/mol. The summed E-state index contributed by atoms with van der Waals surface area (Å²) >= 11 is 0. The number of rotatable bonds is 5. The molecule has 1 N–H and O–H groups in total. The molecule has 0 bridgehead atoms. The summed E-state index contributed by atoms with van der Waals surface area (Å²) in [6.45, 7) is 4.04. The van der Waals surface area contributed by atoms with Crippen LogP contribution >= 0.6 is 0 Å². The summed E-state index contributed by atoms with van der Waals surface area (Å²) in [5.41, 5.74) is 4.77. The molecule has 0 fully saturated rings. The summed E-state index contributed by atoms with van der Waals surface area (Å²) < 4.78 is 0. The predicted molar refractivity (Wildman–Crippen MR) is 115 cm³/mol. The number of allylic oxidation sites excluding steroid dienone is 2. The van der Waals surface area contributed by atoms with Crippen LogP contribution in [0.5, 0.6) is 0 Å². The van der Waals surface area contributed by atoms with Crippen LogP contribution < -0.4 is 5.32 Å². The molecule has 0 aromatic heterocycles. The summed E-state index contributed by atoms with van der Waals surface area (Å²) in [5.74, 6) is 0.168. The molecule has 0 saturated carbocycles. The van der Waals surface area contributed by atoms with E-state index in [0.717, 1.165) is 24.9 Å². The Labute approximate surface area is 162 Å². The van der Waals surface area contributed by atoms with Crippen molar-refractivity contribution in [2.45, 2.75) is 37.1 Å². The van der Waals surface area contributed by atoms with Gasteiger partial charge in [0.2, 0.25) is 0 Å². The van der Waals surface area contributed by atoms with E-state index in [0.29, 0.717) is 0 Å². The van der Waals surface area contributed by atoms with Gasteiger partial charge in [-0.05, 0) is 61.2 Å². The predicted octanol–water partition coefficient (Wildman–Crippen LogP) is 6.28. The van der Waals surface area contributed by atoms with Crippen LogP contribution in [0.2, 0.25) is 0 Å². The molecule has 2 aliphatic carbocycles. The molecule has 0 aliphatic heterocycles. The maximum absolute atomic E-state index is 4.75. The number of aliphatic imine (C=N–C) groups is 1. The Kier molecular flexibility index (Phi) is 5.06. The highest BCUT2D eigenvalue weighted by Gasteiger charge is 2.43. The normalized spacial score (nSPS) is 26.0. The Hall–Kier alpha value is -2.87. The zero-order valence-electron chi connectivity index (χ0n) is 15.6. The van der Waals surface area contributed by atoms with Gasteiger partial charge in [-0.3, -0.25) is 4.99 Å². The van der Waals surface area contributed by atoms with Crippen molar-refractivity contribution in [1.82, 2.24) is 0 Å². The molecule has 2 heteroatoms. The van der Waals surface area contributed by atoms with Crippen LogP contribution in [0.15, 0.2) is 101 Å². The van der Waals surface area contributed by atoms with Gasteiger partial charge >= 0.3 is 0 Å². The van der Waals surface area contributed by atoms with Gasteiger partial charge in [0, 0.05) is 17.8 Å². The monoisotopic (exact) mass is 354 g/mol. The molecule has 136 valence electrons. The molecule has 27 heavy (non-hydrogen) atoms. The first-order valence-electron chi connectivity index (χ1n) is 9.74. The largest absolute Gasteiger partial charge is 0.362 e. The Bertz CT molecular complexity index is 877. The van der Waals surface area contributed by atoms with E-state index in [2.05, 4.69) is 91.1 Å². The fourth-order valence-corrected chi connectivity index (χ4v) is 4.41. The van der Waals surface area contributed by atoms with E-state index >= 15 is 0 Å². The Morgan fingerprint density at radius 2 is 1.78 bits per heavy atom. The van der Waals surface area contributed by atoms with Crippen LogP contribution in [-0.2, 0) is 0 Å². The molecule has 2 aliphatic rings. The van der Waals surface area contributed by atoms with Crippen molar-refractivity contribution in [2.75, 3.05) is 5.32 Å². The van der Waals surface area contributed by atoms with Gasteiger partial charge in [-0.2, -0.15) is 0 Å². The van der Waals surface area contributed by atoms with Gasteiger partial charge in [-0.1, -0.05) is 66.8 Å². The highest BCUT2D eigenvalue weighted by molar-refractivity contribution is 5.53. The van der Waals surface area contributed by atoms with Crippen LogP contribution in [0, 0.1) is 0 Å². The van der Waals surface area contributed by atoms with E-state index in [-0.39, 0.29) is 11.5 Å². The number of hydrogen-bond donors (Lipinski definition) is 1. The number of hydrogen-bond acceptors (Lipinski definition) is 2. The first-order valence-corrected chi connectivity index (χ1v) is 9.74. The van der Waals surface area contributed by atoms with E-state index in [1.54, 1.807) is 0 Å². The van der Waals surface area contributed by atoms with Crippen molar-refractivity contribution in [3.8, 4) is 0 Å². The number of para-hydroxylation sites is 1. The number of nitrogens with zero attached hydrogens (tertiary/aromatic N) is 1. The van der Waals surface area contributed by atoms with Crippen LogP contribution in [-0.4, -0.2) is 12.3 Å². The van der Waals surface area contributed by atoms with Crippen LogP contribution in [0.1, 0.15) is 37.2 Å². The summed E-state index contributed by atoms with van der Waals surface area (Å²) in [4.78, 5) is 4.75. The van der Waals surface area contributed by atoms with Gasteiger partial charge in [0.25, 0.3) is 0 Å². The van der Waals surface area contributed by atoms with Gasteiger partial charge in [-0.15, -0.1) is 0 Å². The molecule has 0 amide bonds. The topological polar surface area (TPSA) is 24.4 Å². The minimum Gasteiger partial charge on any atom is -0.362 e. The Morgan fingerprint density at radius 1 is 1.04 bits per heavy atom. The highest BCUT2D eigenvalue weighted by Crippen LogP contribution is 2.49. The lowest BCUT2D eigenvalue weighted by molar-refractivity contribution is 0.506. The molecule has 2 aromatic carbocycles. The third-order valence-electron chi connectivity index (χ3n) is 5.68. The summed E-state index contributed by atoms with van der Waals surface area (Å²) in [5, 5.41) is 3.49. The van der Waals surface area contributed by atoms with Crippen molar-refractivity contribution >= 4 is 12.4 Å². The smallest absolute Gasteiger partial charge is 0.110 e. The second-order valence-corrected chi connectivity index (χ2v) is 7.28. The molecule has 4 rings (SSSR count). The molecule has 2 nitrogen and oxygen atoms in total. The number of benzene rings is 2. The number of nitrogens with one attached hydrogen (secondary N) is 1. The third kappa shape index (κ3) is 3.40. The quantitative estimate of drug-likeness (QED) is 0.496. The fourth-order valence-electron chi connectivity index (χ4n) is 4.41. The van der Waals surface area contributed by atoms with Crippen molar-refractivity contribution in [2.24, 2.45) is 4.99 Å². The van der Waals surface area contributed by atoms with Crippen molar-refractivity contribution < 1.29 is 0 Å². The van der Waals surface area contributed by atoms with Crippen molar-refractivity contribution in [3.63, 3.8) is 0 Å².